The monoisotopic (exact) mass is 436 g/mol. The van der Waals surface area contributed by atoms with Gasteiger partial charge in [0.25, 0.3) is 0 Å². The van der Waals surface area contributed by atoms with Gasteiger partial charge in [-0.25, -0.2) is 14.8 Å². The largest absolute Gasteiger partial charge is 0.478 e. The van der Waals surface area contributed by atoms with E-state index in [-0.39, 0.29) is 5.56 Å². The van der Waals surface area contributed by atoms with Gasteiger partial charge in [-0.05, 0) is 56.7 Å². The van der Waals surface area contributed by atoms with Crippen LogP contribution in [0.1, 0.15) is 10.4 Å². The minimum absolute atomic E-state index is 0.240. The molecule has 2 aromatic rings. The Morgan fingerprint density at radius 2 is 2.22 bits per heavy atom. The summed E-state index contributed by atoms with van der Waals surface area (Å²) in [5.74, 6) is -0.957. The minimum Gasteiger partial charge on any atom is -0.478 e. The third kappa shape index (κ3) is 3.21. The molecule has 0 unspecified atom stereocenters. The van der Waals surface area contributed by atoms with Crippen LogP contribution in [0.4, 0.5) is 0 Å². The maximum Gasteiger partial charge on any atom is 0.336 e. The van der Waals surface area contributed by atoms with Crippen molar-refractivity contribution in [1.29, 1.82) is 0 Å². The molecule has 18 heavy (non-hydrogen) atoms. The van der Waals surface area contributed by atoms with Gasteiger partial charge in [-0.2, -0.15) is 0 Å². The summed E-state index contributed by atoms with van der Waals surface area (Å²) in [6.45, 7) is 0. The van der Waals surface area contributed by atoms with Gasteiger partial charge in [-0.3, -0.25) is 0 Å². The highest BCUT2D eigenvalue weighted by atomic mass is 127. The van der Waals surface area contributed by atoms with Gasteiger partial charge in [0.15, 0.2) is 0 Å². The SMILES string of the molecule is O=C(O)c1cc(Sc2ncncc2I)ccc1Br. The van der Waals surface area contributed by atoms with E-state index in [1.165, 1.54) is 18.1 Å². The fourth-order valence-electron chi connectivity index (χ4n) is 1.22. The van der Waals surface area contributed by atoms with Gasteiger partial charge in [0.05, 0.1) is 9.13 Å². The van der Waals surface area contributed by atoms with Gasteiger partial charge < -0.3 is 5.11 Å². The lowest BCUT2D eigenvalue weighted by Gasteiger charge is -2.05. The van der Waals surface area contributed by atoms with Crippen LogP contribution in [0.15, 0.2) is 45.1 Å². The Kier molecular flexibility index (Phi) is 4.57. The van der Waals surface area contributed by atoms with Gasteiger partial charge in [0.2, 0.25) is 0 Å². The van der Waals surface area contributed by atoms with Crippen molar-refractivity contribution in [2.75, 3.05) is 0 Å². The molecule has 0 atom stereocenters. The predicted octanol–water partition coefficient (Wildman–Crippen LogP) is 3.69. The van der Waals surface area contributed by atoms with E-state index in [0.717, 1.165) is 13.5 Å². The van der Waals surface area contributed by atoms with Crippen LogP contribution in [-0.4, -0.2) is 21.0 Å². The van der Waals surface area contributed by atoms with Crippen LogP contribution in [-0.2, 0) is 0 Å². The summed E-state index contributed by atoms with van der Waals surface area (Å²) in [5.41, 5.74) is 0.240. The Morgan fingerprint density at radius 1 is 1.44 bits per heavy atom. The molecule has 1 N–H and O–H groups in total. The first kappa shape index (κ1) is 13.8. The van der Waals surface area contributed by atoms with E-state index in [4.69, 9.17) is 5.11 Å². The summed E-state index contributed by atoms with van der Waals surface area (Å²) < 4.78 is 1.50. The van der Waals surface area contributed by atoms with Gasteiger partial charge >= 0.3 is 5.97 Å². The molecular formula is C11H6BrIN2O2S. The molecule has 92 valence electrons. The van der Waals surface area contributed by atoms with Crippen molar-refractivity contribution >= 4 is 56.3 Å². The number of aromatic carboxylic acids is 1. The quantitative estimate of drug-likeness (QED) is 0.587. The molecule has 0 aliphatic rings. The summed E-state index contributed by atoms with van der Waals surface area (Å²) in [6.07, 6.45) is 3.19. The lowest BCUT2D eigenvalue weighted by atomic mass is 10.2. The van der Waals surface area contributed by atoms with E-state index in [0.29, 0.717) is 4.47 Å². The van der Waals surface area contributed by atoms with Gasteiger partial charge in [0.1, 0.15) is 11.4 Å². The van der Waals surface area contributed by atoms with Crippen molar-refractivity contribution < 1.29 is 9.90 Å². The van der Waals surface area contributed by atoms with Crippen LogP contribution in [0.25, 0.3) is 0 Å². The zero-order valence-corrected chi connectivity index (χ0v) is 13.4. The number of carbonyl (C=O) groups is 1. The van der Waals surface area contributed by atoms with Gasteiger partial charge in [-0.1, -0.05) is 11.8 Å². The molecule has 0 aliphatic heterocycles. The molecule has 0 amide bonds. The number of halogens is 2. The molecule has 0 saturated heterocycles. The van der Waals surface area contributed by atoms with Crippen LogP contribution < -0.4 is 0 Å². The lowest BCUT2D eigenvalue weighted by Crippen LogP contribution is -1.97. The third-order valence-electron chi connectivity index (χ3n) is 2.02. The summed E-state index contributed by atoms with van der Waals surface area (Å²) >= 11 is 6.77. The Hall–Kier alpha value is -0.670. The number of carboxylic acids is 1. The van der Waals surface area contributed by atoms with Crippen molar-refractivity contribution in [1.82, 2.24) is 9.97 Å². The topological polar surface area (TPSA) is 63.1 Å². The number of benzene rings is 1. The van der Waals surface area contributed by atoms with Gasteiger partial charge in [-0.15, -0.1) is 0 Å². The molecule has 0 bridgehead atoms. The van der Waals surface area contributed by atoms with E-state index in [1.807, 2.05) is 6.07 Å². The van der Waals surface area contributed by atoms with Crippen LogP contribution >= 0.6 is 50.3 Å². The van der Waals surface area contributed by atoms with E-state index >= 15 is 0 Å². The fourth-order valence-corrected chi connectivity index (χ4v) is 3.05. The standard InChI is InChI=1S/C11H6BrIN2O2S/c12-8-2-1-6(3-7(8)11(16)17)18-10-9(13)4-14-5-15-10/h1-5H,(H,16,17). The molecule has 2 rings (SSSR count). The summed E-state index contributed by atoms with van der Waals surface area (Å²) in [6, 6.07) is 5.19. The molecule has 0 aliphatic carbocycles. The highest BCUT2D eigenvalue weighted by molar-refractivity contribution is 14.1. The normalized spacial score (nSPS) is 10.3. The zero-order valence-electron chi connectivity index (χ0n) is 8.80. The predicted molar refractivity (Wildman–Crippen MR) is 80.0 cm³/mol. The Bertz CT molecular complexity index is 609. The number of hydrogen-bond donors (Lipinski definition) is 1. The molecule has 0 radical (unpaired) electrons. The lowest BCUT2D eigenvalue weighted by molar-refractivity contribution is 0.0695. The average molecular weight is 437 g/mol. The first-order valence-electron chi connectivity index (χ1n) is 4.74. The summed E-state index contributed by atoms with van der Waals surface area (Å²) in [4.78, 5) is 19.9. The summed E-state index contributed by atoms with van der Waals surface area (Å²) in [7, 11) is 0. The second kappa shape index (κ2) is 5.98. The van der Waals surface area contributed by atoms with E-state index in [9.17, 15) is 4.79 Å². The fraction of sp³-hybridized carbons (Fsp3) is 0. The van der Waals surface area contributed by atoms with E-state index < -0.39 is 5.97 Å². The maximum absolute atomic E-state index is 11.0. The Balaban J connectivity index is 2.33. The van der Waals surface area contributed by atoms with E-state index in [1.54, 1.807) is 18.3 Å². The zero-order chi connectivity index (χ0) is 13.1. The van der Waals surface area contributed by atoms with Crippen molar-refractivity contribution in [3.05, 3.63) is 44.3 Å². The molecule has 0 fully saturated rings. The second-order valence-corrected chi connectivity index (χ2v) is 6.30. The smallest absolute Gasteiger partial charge is 0.336 e. The van der Waals surface area contributed by atoms with Crippen LogP contribution in [0.2, 0.25) is 0 Å². The molecular weight excluding hydrogens is 431 g/mol. The van der Waals surface area contributed by atoms with Crippen LogP contribution in [0, 0.1) is 3.57 Å². The minimum atomic E-state index is -0.957. The third-order valence-corrected chi connectivity index (χ3v) is 4.87. The summed E-state index contributed by atoms with van der Waals surface area (Å²) in [5, 5.41) is 9.85. The molecule has 0 spiro atoms. The Labute approximate surface area is 130 Å². The highest BCUT2D eigenvalue weighted by Crippen LogP contribution is 2.31. The Morgan fingerprint density at radius 3 is 2.89 bits per heavy atom. The maximum atomic E-state index is 11.0. The number of nitrogens with zero attached hydrogens (tertiary/aromatic N) is 2. The first-order chi connectivity index (χ1) is 8.58. The molecule has 1 heterocycles. The first-order valence-corrected chi connectivity index (χ1v) is 7.43. The number of carboxylic acid groups (broad SMARTS) is 1. The second-order valence-electron chi connectivity index (χ2n) is 3.22. The molecule has 7 heteroatoms. The van der Waals surface area contributed by atoms with Gasteiger partial charge in [0, 0.05) is 15.6 Å². The number of hydrogen-bond acceptors (Lipinski definition) is 4. The molecule has 0 saturated carbocycles. The number of aromatic nitrogens is 2. The van der Waals surface area contributed by atoms with Crippen LogP contribution in [0.5, 0.6) is 0 Å². The molecule has 1 aromatic heterocycles. The average Bonchev–Trinajstić information content (AvgIpc) is 2.34. The van der Waals surface area contributed by atoms with E-state index in [2.05, 4.69) is 48.5 Å². The van der Waals surface area contributed by atoms with Crippen LogP contribution in [0.3, 0.4) is 0 Å². The van der Waals surface area contributed by atoms with Crippen molar-refractivity contribution in [2.24, 2.45) is 0 Å². The van der Waals surface area contributed by atoms with Crippen molar-refractivity contribution in [3.8, 4) is 0 Å². The highest BCUT2D eigenvalue weighted by Gasteiger charge is 2.11. The van der Waals surface area contributed by atoms with Crippen molar-refractivity contribution in [3.63, 3.8) is 0 Å². The van der Waals surface area contributed by atoms with Crippen molar-refractivity contribution in [2.45, 2.75) is 9.92 Å². The molecule has 4 nitrogen and oxygen atoms in total. The molecule has 1 aromatic carbocycles. The number of rotatable bonds is 3.